The van der Waals surface area contributed by atoms with Gasteiger partial charge >= 0.3 is 6.03 Å². The molecule has 0 aliphatic carbocycles. The van der Waals surface area contributed by atoms with E-state index in [0.717, 1.165) is 11.3 Å². The van der Waals surface area contributed by atoms with Gasteiger partial charge < -0.3 is 9.80 Å². The van der Waals surface area contributed by atoms with Crippen LogP contribution >= 0.6 is 34.5 Å². The van der Waals surface area contributed by atoms with Crippen molar-refractivity contribution in [3.05, 3.63) is 50.3 Å². The molecule has 0 atom stereocenters. The van der Waals surface area contributed by atoms with Crippen molar-refractivity contribution in [2.45, 2.75) is 19.8 Å². The predicted octanol–water partition coefficient (Wildman–Crippen LogP) is 4.31. The summed E-state index contributed by atoms with van der Waals surface area (Å²) in [6, 6.07) is 4.46. The monoisotopic (exact) mass is 530 g/mol. The SMILES string of the molecule is CCCC(=O)c1cnc(N2CCN(C(=O)NS(=O)(=O)CC=Cc3ccc(Cl)s3)CC2)c(Cl)c1. The highest BCUT2D eigenvalue weighted by Gasteiger charge is 2.26. The summed E-state index contributed by atoms with van der Waals surface area (Å²) in [4.78, 5) is 33.0. The van der Waals surface area contributed by atoms with Crippen molar-refractivity contribution in [3.8, 4) is 0 Å². The normalized spacial score (nSPS) is 14.6. The number of anilines is 1. The van der Waals surface area contributed by atoms with Crippen LogP contribution in [0.3, 0.4) is 0 Å². The van der Waals surface area contributed by atoms with Gasteiger partial charge in [0.05, 0.1) is 15.1 Å². The molecule has 0 saturated carbocycles. The number of piperazine rings is 1. The Kier molecular flexibility index (Phi) is 8.75. The van der Waals surface area contributed by atoms with Crippen molar-refractivity contribution in [1.29, 1.82) is 0 Å². The Morgan fingerprint density at radius 2 is 1.94 bits per heavy atom. The molecular weight excluding hydrogens is 507 g/mol. The Labute approximate surface area is 207 Å². The van der Waals surface area contributed by atoms with Gasteiger partial charge in [-0.1, -0.05) is 36.2 Å². The number of urea groups is 1. The number of carbonyl (C=O) groups excluding carboxylic acids is 2. The van der Waals surface area contributed by atoms with Crippen LogP contribution in [0.4, 0.5) is 10.6 Å². The van der Waals surface area contributed by atoms with Gasteiger partial charge in [0.15, 0.2) is 5.78 Å². The first-order valence-corrected chi connectivity index (χ1v) is 13.6. The van der Waals surface area contributed by atoms with Crippen LogP contribution in [0.1, 0.15) is 35.0 Å². The van der Waals surface area contributed by atoms with Gasteiger partial charge in [-0.3, -0.25) is 4.79 Å². The second kappa shape index (κ2) is 11.3. The van der Waals surface area contributed by atoms with Crippen LogP contribution < -0.4 is 9.62 Å². The van der Waals surface area contributed by atoms with Crippen molar-refractivity contribution >= 4 is 68.3 Å². The summed E-state index contributed by atoms with van der Waals surface area (Å²) < 4.78 is 27.2. The van der Waals surface area contributed by atoms with E-state index >= 15 is 0 Å². The third-order valence-electron chi connectivity index (χ3n) is 4.92. The molecule has 1 saturated heterocycles. The lowest BCUT2D eigenvalue weighted by atomic mass is 10.1. The molecule has 12 heteroatoms. The minimum absolute atomic E-state index is 0.00446. The number of Topliss-reactive ketones (excluding diaryl/α,β-unsaturated/α-hetero) is 1. The molecule has 1 aliphatic rings. The molecule has 1 N–H and O–H groups in total. The number of ketones is 1. The number of nitrogens with zero attached hydrogens (tertiary/aromatic N) is 3. The molecule has 1 fully saturated rings. The van der Waals surface area contributed by atoms with E-state index in [2.05, 4.69) is 9.71 Å². The van der Waals surface area contributed by atoms with Crippen LogP contribution in [-0.2, 0) is 10.0 Å². The zero-order valence-electron chi connectivity index (χ0n) is 18.0. The van der Waals surface area contributed by atoms with E-state index in [4.69, 9.17) is 23.2 Å². The second-order valence-electron chi connectivity index (χ2n) is 7.41. The number of hydrogen-bond donors (Lipinski definition) is 1. The summed E-state index contributed by atoms with van der Waals surface area (Å²) in [5, 5.41) is 0.372. The molecule has 178 valence electrons. The number of aromatic nitrogens is 1. The number of sulfonamides is 1. The maximum absolute atomic E-state index is 12.4. The Bertz CT molecular complexity index is 1140. The third-order valence-corrected chi connectivity index (χ3v) is 7.51. The van der Waals surface area contributed by atoms with Gasteiger partial charge in [-0.25, -0.2) is 22.9 Å². The molecule has 2 aromatic rings. The summed E-state index contributed by atoms with van der Waals surface area (Å²) in [7, 11) is -3.82. The number of pyridine rings is 1. The van der Waals surface area contributed by atoms with E-state index in [1.165, 1.54) is 28.5 Å². The van der Waals surface area contributed by atoms with E-state index in [1.54, 1.807) is 24.3 Å². The lowest BCUT2D eigenvalue weighted by Gasteiger charge is -2.35. The van der Waals surface area contributed by atoms with Crippen molar-refractivity contribution in [1.82, 2.24) is 14.6 Å². The molecule has 2 amide bonds. The highest BCUT2D eigenvalue weighted by molar-refractivity contribution is 7.90. The smallest absolute Gasteiger partial charge is 0.331 e. The summed E-state index contributed by atoms with van der Waals surface area (Å²) in [5.41, 5.74) is 0.477. The molecule has 8 nitrogen and oxygen atoms in total. The largest absolute Gasteiger partial charge is 0.352 e. The number of halogens is 2. The zero-order chi connectivity index (χ0) is 24.0. The zero-order valence-corrected chi connectivity index (χ0v) is 21.1. The highest BCUT2D eigenvalue weighted by atomic mass is 35.5. The topological polar surface area (TPSA) is 99.7 Å². The Morgan fingerprint density at radius 1 is 1.21 bits per heavy atom. The van der Waals surface area contributed by atoms with Gasteiger partial charge in [-0.05, 0) is 30.7 Å². The first-order valence-electron chi connectivity index (χ1n) is 10.3. The molecule has 3 heterocycles. The molecule has 0 radical (unpaired) electrons. The summed E-state index contributed by atoms with van der Waals surface area (Å²) in [6.07, 6.45) is 5.82. The fourth-order valence-electron chi connectivity index (χ4n) is 3.26. The van der Waals surface area contributed by atoms with Gasteiger partial charge in [0.1, 0.15) is 5.82 Å². The lowest BCUT2D eigenvalue weighted by Crippen LogP contribution is -2.53. The summed E-state index contributed by atoms with van der Waals surface area (Å²) in [6.45, 7) is 3.40. The Balaban J connectivity index is 1.52. The number of hydrogen-bond acceptors (Lipinski definition) is 7. The third kappa shape index (κ3) is 7.17. The second-order valence-corrected chi connectivity index (χ2v) is 11.3. The van der Waals surface area contributed by atoms with Gasteiger partial charge in [-0.15, -0.1) is 11.3 Å². The summed E-state index contributed by atoms with van der Waals surface area (Å²) >= 11 is 13.5. The minimum Gasteiger partial charge on any atom is -0.352 e. The predicted molar refractivity (Wildman–Crippen MR) is 133 cm³/mol. The first-order chi connectivity index (χ1) is 15.7. The quantitative estimate of drug-likeness (QED) is 0.510. The number of nitrogens with one attached hydrogen (secondary N) is 1. The average molecular weight is 531 g/mol. The molecular formula is C21H24Cl2N4O4S2. The van der Waals surface area contributed by atoms with Gasteiger partial charge in [0, 0.05) is 49.2 Å². The number of thiophene rings is 1. The van der Waals surface area contributed by atoms with E-state index in [0.29, 0.717) is 53.3 Å². The van der Waals surface area contributed by atoms with Gasteiger partial charge in [0.2, 0.25) is 10.0 Å². The maximum Gasteiger partial charge on any atom is 0.331 e. The standard InChI is InChI=1S/C21H24Cl2N4O4S2/c1-2-4-18(28)15-13-17(22)20(24-14-15)26-8-10-27(11-9-26)21(29)25-33(30,31)12-3-5-16-6-7-19(23)32-16/h3,5-7,13-14H,2,4,8-12H2,1H3,(H,25,29). The van der Waals surface area contributed by atoms with Crippen LogP contribution in [-0.4, -0.2) is 62.0 Å². The Hall–Kier alpha value is -2.14. The van der Waals surface area contributed by atoms with Crippen molar-refractivity contribution in [2.24, 2.45) is 0 Å². The van der Waals surface area contributed by atoms with Crippen LogP contribution in [0.5, 0.6) is 0 Å². The van der Waals surface area contributed by atoms with Crippen molar-refractivity contribution < 1.29 is 18.0 Å². The van der Waals surface area contributed by atoms with Gasteiger partial charge in [-0.2, -0.15) is 0 Å². The molecule has 0 spiro atoms. The average Bonchev–Trinajstić information content (AvgIpc) is 3.18. The maximum atomic E-state index is 12.4. The van der Waals surface area contributed by atoms with Crippen molar-refractivity contribution in [2.75, 3.05) is 36.8 Å². The molecule has 0 aromatic carbocycles. The van der Waals surface area contributed by atoms with Crippen LogP contribution in [0.25, 0.3) is 6.08 Å². The van der Waals surface area contributed by atoms with Crippen LogP contribution in [0, 0.1) is 0 Å². The van der Waals surface area contributed by atoms with E-state index in [-0.39, 0.29) is 11.5 Å². The molecule has 0 bridgehead atoms. The van der Waals surface area contributed by atoms with Gasteiger partial charge in [0.25, 0.3) is 0 Å². The highest BCUT2D eigenvalue weighted by Crippen LogP contribution is 2.26. The number of amides is 2. The van der Waals surface area contributed by atoms with E-state index < -0.39 is 16.1 Å². The minimum atomic E-state index is -3.82. The molecule has 0 unspecified atom stereocenters. The number of rotatable bonds is 8. The van der Waals surface area contributed by atoms with Crippen molar-refractivity contribution in [3.63, 3.8) is 0 Å². The van der Waals surface area contributed by atoms with E-state index in [9.17, 15) is 18.0 Å². The number of carbonyl (C=O) groups is 2. The molecule has 3 rings (SSSR count). The van der Waals surface area contributed by atoms with Crippen LogP contribution in [0.2, 0.25) is 9.36 Å². The molecule has 33 heavy (non-hydrogen) atoms. The molecule has 1 aliphatic heterocycles. The fourth-order valence-corrected chi connectivity index (χ4v) is 5.36. The van der Waals surface area contributed by atoms with Crippen LogP contribution in [0.15, 0.2) is 30.5 Å². The first kappa shape index (κ1) is 25.5. The summed E-state index contributed by atoms with van der Waals surface area (Å²) in [5.74, 6) is 0.211. The molecule has 2 aromatic heterocycles. The fraction of sp³-hybridized carbons (Fsp3) is 0.381. The van der Waals surface area contributed by atoms with E-state index in [1.807, 2.05) is 11.8 Å². The Morgan fingerprint density at radius 3 is 2.55 bits per heavy atom. The lowest BCUT2D eigenvalue weighted by molar-refractivity contribution is 0.0981.